The van der Waals surface area contributed by atoms with Gasteiger partial charge in [0.2, 0.25) is 0 Å². The number of carbonyl (C=O) groups is 1. The highest BCUT2D eigenvalue weighted by molar-refractivity contribution is 6.04. The maximum atomic E-state index is 12.1. The smallest absolute Gasteiger partial charge is 0.178 e. The molecular formula is C16H18N2O. The molecule has 1 unspecified atom stereocenters. The van der Waals surface area contributed by atoms with E-state index < -0.39 is 5.41 Å². The third-order valence-electron chi connectivity index (χ3n) is 3.82. The molecule has 0 bridgehead atoms. The van der Waals surface area contributed by atoms with Gasteiger partial charge in [-0.15, -0.1) is 0 Å². The summed E-state index contributed by atoms with van der Waals surface area (Å²) in [6.07, 6.45) is 4.33. The first-order chi connectivity index (χ1) is 8.78. The van der Waals surface area contributed by atoms with Crippen molar-refractivity contribution in [3.8, 4) is 6.07 Å². The molecule has 2 rings (SSSR count). The number of rotatable bonds is 1. The predicted molar refractivity (Wildman–Crippen MR) is 73.4 cm³/mol. The quantitative estimate of drug-likeness (QED) is 0.773. The van der Waals surface area contributed by atoms with Crippen molar-refractivity contribution in [2.75, 3.05) is 0 Å². The Morgan fingerprint density at radius 2 is 2.00 bits per heavy atom. The molecule has 0 amide bonds. The standard InChI is InChI=1S/C16H18N2O/c1-11-5-6-13(9-18-11)16(4)7-12(8-17)14(19)15(2,3)10-16/h5-7,9H,10H2,1-4H3. The van der Waals surface area contributed by atoms with Crippen LogP contribution in [0.15, 0.2) is 30.0 Å². The molecule has 0 saturated heterocycles. The molecule has 0 aromatic carbocycles. The number of carbonyl (C=O) groups excluding carboxylic acids is 1. The van der Waals surface area contributed by atoms with Gasteiger partial charge in [-0.2, -0.15) is 5.26 Å². The molecule has 0 spiro atoms. The number of pyridine rings is 1. The fraction of sp³-hybridized carbons (Fsp3) is 0.438. The first kappa shape index (κ1) is 13.5. The Balaban J connectivity index is 2.55. The highest BCUT2D eigenvalue weighted by Crippen LogP contribution is 2.44. The number of aryl methyl sites for hydroxylation is 1. The average molecular weight is 254 g/mol. The third-order valence-corrected chi connectivity index (χ3v) is 3.82. The second-order valence-electron chi connectivity index (χ2n) is 6.17. The molecule has 1 atom stereocenters. The van der Waals surface area contributed by atoms with E-state index >= 15 is 0 Å². The Morgan fingerprint density at radius 1 is 1.32 bits per heavy atom. The lowest BCUT2D eigenvalue weighted by Gasteiger charge is -2.39. The largest absolute Gasteiger partial charge is 0.293 e. The summed E-state index contributed by atoms with van der Waals surface area (Å²) >= 11 is 0. The number of hydrogen-bond acceptors (Lipinski definition) is 3. The van der Waals surface area contributed by atoms with Crippen LogP contribution < -0.4 is 0 Å². The van der Waals surface area contributed by atoms with E-state index in [1.807, 2.05) is 45.2 Å². The predicted octanol–water partition coefficient (Wildman–Crippen LogP) is 3.10. The molecule has 3 nitrogen and oxygen atoms in total. The fourth-order valence-electron chi connectivity index (χ4n) is 2.87. The van der Waals surface area contributed by atoms with Gasteiger partial charge < -0.3 is 0 Å². The van der Waals surface area contributed by atoms with Crippen molar-refractivity contribution in [1.82, 2.24) is 4.98 Å². The van der Waals surface area contributed by atoms with Gasteiger partial charge in [0.15, 0.2) is 5.78 Å². The molecule has 1 aromatic rings. The van der Waals surface area contributed by atoms with E-state index in [1.165, 1.54) is 0 Å². The summed E-state index contributed by atoms with van der Waals surface area (Å²) in [6.45, 7) is 7.81. The number of nitriles is 1. The Morgan fingerprint density at radius 3 is 2.53 bits per heavy atom. The van der Waals surface area contributed by atoms with Crippen molar-refractivity contribution >= 4 is 5.78 Å². The maximum absolute atomic E-state index is 12.1. The van der Waals surface area contributed by atoms with Gasteiger partial charge in [0, 0.05) is 22.7 Å². The Kier molecular flexibility index (Phi) is 3.06. The van der Waals surface area contributed by atoms with Crippen molar-refractivity contribution in [1.29, 1.82) is 5.26 Å². The van der Waals surface area contributed by atoms with E-state index in [4.69, 9.17) is 5.26 Å². The second-order valence-corrected chi connectivity index (χ2v) is 6.17. The third kappa shape index (κ3) is 2.31. The molecule has 1 aliphatic rings. The van der Waals surface area contributed by atoms with Crippen LogP contribution in [0.3, 0.4) is 0 Å². The molecule has 1 aromatic heterocycles. The average Bonchev–Trinajstić information content (AvgIpc) is 2.34. The number of ketones is 1. The van der Waals surface area contributed by atoms with Crippen LogP contribution in [0.2, 0.25) is 0 Å². The first-order valence-corrected chi connectivity index (χ1v) is 6.39. The molecule has 0 fully saturated rings. The molecule has 98 valence electrons. The normalized spacial score (nSPS) is 25.6. The number of hydrogen-bond donors (Lipinski definition) is 0. The second kappa shape index (κ2) is 4.31. The van der Waals surface area contributed by atoms with Crippen LogP contribution in [0.5, 0.6) is 0 Å². The lowest BCUT2D eigenvalue weighted by Crippen LogP contribution is -2.39. The van der Waals surface area contributed by atoms with Crippen LogP contribution in [0.4, 0.5) is 0 Å². The van der Waals surface area contributed by atoms with Gasteiger partial charge in [-0.05, 0) is 25.0 Å². The van der Waals surface area contributed by atoms with Crippen LogP contribution in [0, 0.1) is 23.7 Å². The van der Waals surface area contributed by atoms with Crippen molar-refractivity contribution in [3.05, 3.63) is 41.2 Å². The number of aromatic nitrogens is 1. The summed E-state index contributed by atoms with van der Waals surface area (Å²) in [5, 5.41) is 9.16. The zero-order chi connectivity index (χ0) is 14.3. The lowest BCUT2D eigenvalue weighted by molar-refractivity contribution is -0.124. The first-order valence-electron chi connectivity index (χ1n) is 6.39. The molecule has 19 heavy (non-hydrogen) atoms. The van der Waals surface area contributed by atoms with Gasteiger partial charge in [-0.1, -0.05) is 32.9 Å². The van der Waals surface area contributed by atoms with E-state index in [2.05, 4.69) is 11.9 Å². The Labute approximate surface area is 114 Å². The highest BCUT2D eigenvalue weighted by atomic mass is 16.1. The van der Waals surface area contributed by atoms with Crippen LogP contribution in [0.1, 0.15) is 38.4 Å². The van der Waals surface area contributed by atoms with Gasteiger partial charge in [-0.3, -0.25) is 9.78 Å². The molecule has 3 heteroatoms. The van der Waals surface area contributed by atoms with Crippen LogP contribution in [-0.2, 0) is 10.2 Å². The summed E-state index contributed by atoms with van der Waals surface area (Å²) in [7, 11) is 0. The van der Waals surface area contributed by atoms with Gasteiger partial charge >= 0.3 is 0 Å². The fourth-order valence-corrected chi connectivity index (χ4v) is 2.87. The Hall–Kier alpha value is -1.95. The maximum Gasteiger partial charge on any atom is 0.178 e. The van der Waals surface area contributed by atoms with Crippen LogP contribution in [-0.4, -0.2) is 10.8 Å². The van der Waals surface area contributed by atoms with Crippen LogP contribution in [0.25, 0.3) is 0 Å². The van der Waals surface area contributed by atoms with Crippen molar-refractivity contribution in [2.45, 2.75) is 39.5 Å². The van der Waals surface area contributed by atoms with E-state index in [1.54, 1.807) is 6.08 Å². The minimum Gasteiger partial charge on any atom is -0.293 e. The molecule has 1 heterocycles. The van der Waals surface area contributed by atoms with Crippen molar-refractivity contribution in [3.63, 3.8) is 0 Å². The van der Waals surface area contributed by atoms with Gasteiger partial charge in [0.05, 0.1) is 5.57 Å². The topological polar surface area (TPSA) is 53.8 Å². The minimum absolute atomic E-state index is 0.0625. The number of Topliss-reactive ketones (excluding diaryl/α,β-unsaturated/α-hetero) is 1. The van der Waals surface area contributed by atoms with E-state index in [9.17, 15) is 4.79 Å². The number of nitrogens with zero attached hydrogens (tertiary/aromatic N) is 2. The van der Waals surface area contributed by atoms with Crippen molar-refractivity contribution < 1.29 is 4.79 Å². The van der Waals surface area contributed by atoms with E-state index in [0.717, 1.165) is 11.3 Å². The van der Waals surface area contributed by atoms with Gasteiger partial charge in [0.1, 0.15) is 6.07 Å². The zero-order valence-electron chi connectivity index (χ0n) is 11.8. The zero-order valence-corrected chi connectivity index (χ0v) is 11.8. The summed E-state index contributed by atoms with van der Waals surface area (Å²) in [5.41, 5.74) is 1.44. The van der Waals surface area contributed by atoms with E-state index in [0.29, 0.717) is 6.42 Å². The lowest BCUT2D eigenvalue weighted by atomic mass is 9.63. The van der Waals surface area contributed by atoms with Crippen LogP contribution >= 0.6 is 0 Å². The SMILES string of the molecule is Cc1ccc(C2(C)C=C(C#N)C(=O)C(C)(C)C2)cn1. The molecule has 0 saturated carbocycles. The highest BCUT2D eigenvalue weighted by Gasteiger charge is 2.43. The minimum atomic E-state index is -0.514. The van der Waals surface area contributed by atoms with E-state index in [-0.39, 0.29) is 16.8 Å². The molecule has 0 aliphatic heterocycles. The molecular weight excluding hydrogens is 236 g/mol. The van der Waals surface area contributed by atoms with Crippen molar-refractivity contribution in [2.24, 2.45) is 5.41 Å². The Bertz CT molecular complexity index is 590. The van der Waals surface area contributed by atoms with Gasteiger partial charge in [-0.25, -0.2) is 0 Å². The molecule has 0 radical (unpaired) electrons. The number of allylic oxidation sites excluding steroid dienone is 2. The molecule has 0 N–H and O–H groups in total. The summed E-state index contributed by atoms with van der Waals surface area (Å²) in [5.74, 6) is -0.0625. The molecule has 1 aliphatic carbocycles. The monoisotopic (exact) mass is 254 g/mol. The summed E-state index contributed by atoms with van der Waals surface area (Å²) < 4.78 is 0. The summed E-state index contributed by atoms with van der Waals surface area (Å²) in [4.78, 5) is 16.5. The summed E-state index contributed by atoms with van der Waals surface area (Å²) in [6, 6.07) is 6.03. The van der Waals surface area contributed by atoms with Gasteiger partial charge in [0.25, 0.3) is 0 Å².